The van der Waals surface area contributed by atoms with Crippen molar-refractivity contribution in [1.82, 2.24) is 5.01 Å². The highest BCUT2D eigenvalue weighted by Gasteiger charge is 2.35. The number of amides is 2. The number of urea groups is 1. The monoisotopic (exact) mass is 389 g/mol. The van der Waals surface area contributed by atoms with Crippen LogP contribution in [0.1, 0.15) is 24.0 Å². The first-order chi connectivity index (χ1) is 12.6. The standard InChI is InChI=1S/C18H13Cl2N3O3/c19-12-6-5-11(9-13(12)20)21-18(24)23-15(17-4-2-8-26-17)10-14(22-23)16-3-1-7-25-16/h1-9,15H,10H2,(H,21,24)/t15-/m0/s1. The second-order valence-corrected chi connectivity index (χ2v) is 6.48. The Bertz CT molecular complexity index is 952. The molecule has 132 valence electrons. The van der Waals surface area contributed by atoms with Crippen LogP contribution in [0.15, 0.2) is 68.9 Å². The van der Waals surface area contributed by atoms with Gasteiger partial charge in [-0.2, -0.15) is 5.10 Å². The third-order valence-electron chi connectivity index (χ3n) is 3.97. The number of halogens is 2. The van der Waals surface area contributed by atoms with Crippen LogP contribution >= 0.6 is 23.2 Å². The highest BCUT2D eigenvalue weighted by atomic mass is 35.5. The van der Waals surface area contributed by atoms with Crippen LogP contribution in [0.2, 0.25) is 10.0 Å². The fourth-order valence-corrected chi connectivity index (χ4v) is 3.04. The number of hydrazone groups is 1. The van der Waals surface area contributed by atoms with E-state index in [-0.39, 0.29) is 6.04 Å². The van der Waals surface area contributed by atoms with Gasteiger partial charge in [0, 0.05) is 12.1 Å². The second kappa shape index (κ2) is 6.90. The molecule has 2 aromatic heterocycles. The molecule has 26 heavy (non-hydrogen) atoms. The van der Waals surface area contributed by atoms with Gasteiger partial charge in [0.05, 0.1) is 22.6 Å². The number of furan rings is 2. The van der Waals surface area contributed by atoms with E-state index < -0.39 is 6.03 Å². The second-order valence-electron chi connectivity index (χ2n) is 5.66. The quantitative estimate of drug-likeness (QED) is 0.636. The number of anilines is 1. The third-order valence-corrected chi connectivity index (χ3v) is 4.71. The average molecular weight is 390 g/mol. The van der Waals surface area contributed by atoms with E-state index in [1.165, 1.54) is 5.01 Å². The van der Waals surface area contributed by atoms with Crippen molar-refractivity contribution in [2.45, 2.75) is 12.5 Å². The Morgan fingerprint density at radius 1 is 1.12 bits per heavy atom. The Morgan fingerprint density at radius 2 is 1.92 bits per heavy atom. The Morgan fingerprint density at radius 3 is 2.62 bits per heavy atom. The lowest BCUT2D eigenvalue weighted by atomic mass is 10.1. The van der Waals surface area contributed by atoms with E-state index in [9.17, 15) is 4.79 Å². The summed E-state index contributed by atoms with van der Waals surface area (Å²) in [4.78, 5) is 12.8. The van der Waals surface area contributed by atoms with Crippen molar-refractivity contribution < 1.29 is 13.6 Å². The SMILES string of the molecule is O=C(Nc1ccc(Cl)c(Cl)c1)N1N=C(c2ccco2)C[C@H]1c1ccco1. The summed E-state index contributed by atoms with van der Waals surface area (Å²) in [6.07, 6.45) is 3.61. The topological polar surface area (TPSA) is 71.0 Å². The van der Waals surface area contributed by atoms with Gasteiger partial charge in [0.25, 0.3) is 0 Å². The molecule has 0 radical (unpaired) electrons. The fraction of sp³-hybridized carbons (Fsp3) is 0.111. The third kappa shape index (κ3) is 3.21. The normalized spacial score (nSPS) is 16.6. The molecular formula is C18H13Cl2N3O3. The summed E-state index contributed by atoms with van der Waals surface area (Å²) in [5.41, 5.74) is 1.19. The van der Waals surface area contributed by atoms with Gasteiger partial charge in [-0.1, -0.05) is 23.2 Å². The highest BCUT2D eigenvalue weighted by Crippen LogP contribution is 2.34. The summed E-state index contributed by atoms with van der Waals surface area (Å²) in [6, 6.07) is 11.2. The van der Waals surface area contributed by atoms with E-state index in [4.69, 9.17) is 32.0 Å². The number of nitrogens with zero attached hydrogens (tertiary/aromatic N) is 2. The first-order valence-corrected chi connectivity index (χ1v) is 8.57. The first kappa shape index (κ1) is 16.8. The maximum atomic E-state index is 12.8. The Kier molecular flexibility index (Phi) is 4.44. The van der Waals surface area contributed by atoms with Crippen LogP contribution in [0, 0.1) is 0 Å². The van der Waals surface area contributed by atoms with Gasteiger partial charge < -0.3 is 14.2 Å². The predicted molar refractivity (Wildman–Crippen MR) is 98.6 cm³/mol. The summed E-state index contributed by atoms with van der Waals surface area (Å²) in [5.74, 6) is 1.26. The van der Waals surface area contributed by atoms with Gasteiger partial charge in [-0.25, -0.2) is 9.80 Å². The Balaban J connectivity index is 1.61. The molecule has 1 aromatic carbocycles. The molecule has 0 aliphatic carbocycles. The minimum absolute atomic E-state index is 0.355. The van der Waals surface area contributed by atoms with Crippen LogP contribution in [0.5, 0.6) is 0 Å². The maximum absolute atomic E-state index is 12.8. The van der Waals surface area contributed by atoms with Crippen molar-refractivity contribution >= 4 is 40.6 Å². The molecule has 8 heteroatoms. The number of rotatable bonds is 3. The Labute approximate surface area is 159 Å². The molecule has 0 bridgehead atoms. The molecule has 3 heterocycles. The van der Waals surface area contributed by atoms with E-state index in [1.807, 2.05) is 6.07 Å². The fourth-order valence-electron chi connectivity index (χ4n) is 2.75. The molecule has 0 saturated heterocycles. The number of carbonyl (C=O) groups is 1. The zero-order valence-electron chi connectivity index (χ0n) is 13.4. The van der Waals surface area contributed by atoms with Crippen LogP contribution in [-0.4, -0.2) is 16.8 Å². The molecule has 0 saturated carbocycles. The minimum Gasteiger partial charge on any atom is -0.467 e. The van der Waals surface area contributed by atoms with E-state index in [0.29, 0.717) is 39.4 Å². The summed E-state index contributed by atoms with van der Waals surface area (Å²) in [5, 5.41) is 9.32. The maximum Gasteiger partial charge on any atom is 0.342 e. The first-order valence-electron chi connectivity index (χ1n) is 7.82. The molecular weight excluding hydrogens is 377 g/mol. The van der Waals surface area contributed by atoms with Crippen molar-refractivity contribution in [1.29, 1.82) is 0 Å². The molecule has 0 unspecified atom stereocenters. The van der Waals surface area contributed by atoms with E-state index >= 15 is 0 Å². The summed E-state index contributed by atoms with van der Waals surface area (Å²) in [7, 11) is 0. The van der Waals surface area contributed by atoms with Gasteiger partial charge in [-0.15, -0.1) is 0 Å². The van der Waals surface area contributed by atoms with Crippen molar-refractivity contribution in [3.63, 3.8) is 0 Å². The van der Waals surface area contributed by atoms with Crippen LogP contribution in [0.3, 0.4) is 0 Å². The van der Waals surface area contributed by atoms with E-state index in [1.54, 1.807) is 48.9 Å². The molecule has 2 amide bonds. The number of nitrogens with one attached hydrogen (secondary N) is 1. The lowest BCUT2D eigenvalue weighted by molar-refractivity contribution is 0.192. The van der Waals surface area contributed by atoms with E-state index in [2.05, 4.69) is 10.4 Å². The number of hydrogen-bond donors (Lipinski definition) is 1. The molecule has 0 spiro atoms. The van der Waals surface area contributed by atoms with Crippen LogP contribution in [-0.2, 0) is 0 Å². The zero-order chi connectivity index (χ0) is 18.1. The molecule has 1 aliphatic heterocycles. The Hall–Kier alpha value is -2.70. The van der Waals surface area contributed by atoms with Crippen molar-refractivity contribution in [3.8, 4) is 0 Å². The van der Waals surface area contributed by atoms with Gasteiger partial charge in [0.15, 0.2) is 0 Å². The van der Waals surface area contributed by atoms with Crippen LogP contribution in [0.4, 0.5) is 10.5 Å². The molecule has 0 fully saturated rings. The van der Waals surface area contributed by atoms with E-state index in [0.717, 1.165) is 0 Å². The van der Waals surface area contributed by atoms with Crippen molar-refractivity contribution in [2.24, 2.45) is 5.10 Å². The van der Waals surface area contributed by atoms with Gasteiger partial charge >= 0.3 is 6.03 Å². The summed E-state index contributed by atoms with van der Waals surface area (Å²) >= 11 is 11.9. The van der Waals surface area contributed by atoms with Crippen LogP contribution in [0.25, 0.3) is 0 Å². The van der Waals surface area contributed by atoms with Gasteiger partial charge in [0.2, 0.25) is 0 Å². The zero-order valence-corrected chi connectivity index (χ0v) is 14.9. The van der Waals surface area contributed by atoms with Gasteiger partial charge in [0.1, 0.15) is 23.3 Å². The highest BCUT2D eigenvalue weighted by molar-refractivity contribution is 6.42. The van der Waals surface area contributed by atoms with Crippen molar-refractivity contribution in [2.75, 3.05) is 5.32 Å². The molecule has 1 atom stereocenters. The van der Waals surface area contributed by atoms with Gasteiger partial charge in [-0.05, 0) is 42.5 Å². The lowest BCUT2D eigenvalue weighted by Gasteiger charge is -2.20. The van der Waals surface area contributed by atoms with Crippen LogP contribution < -0.4 is 5.32 Å². The number of benzene rings is 1. The summed E-state index contributed by atoms with van der Waals surface area (Å²) in [6.45, 7) is 0. The average Bonchev–Trinajstić information content (AvgIpc) is 3.38. The smallest absolute Gasteiger partial charge is 0.342 e. The lowest BCUT2D eigenvalue weighted by Crippen LogP contribution is -2.31. The largest absolute Gasteiger partial charge is 0.467 e. The predicted octanol–water partition coefficient (Wildman–Crippen LogP) is 5.56. The number of hydrogen-bond acceptors (Lipinski definition) is 4. The molecule has 6 nitrogen and oxygen atoms in total. The molecule has 3 aromatic rings. The molecule has 4 rings (SSSR count). The minimum atomic E-state index is -0.411. The molecule has 1 N–H and O–H groups in total. The summed E-state index contributed by atoms with van der Waals surface area (Å²) < 4.78 is 10.9. The van der Waals surface area contributed by atoms with Gasteiger partial charge in [-0.3, -0.25) is 0 Å². The van der Waals surface area contributed by atoms with Crippen molar-refractivity contribution in [3.05, 3.63) is 76.6 Å². The molecule has 1 aliphatic rings. The number of carbonyl (C=O) groups excluding carboxylic acids is 1.